The Balaban J connectivity index is 1.22. The summed E-state index contributed by atoms with van der Waals surface area (Å²) in [6.07, 6.45) is 3.40. The van der Waals surface area contributed by atoms with Crippen LogP contribution in [0.2, 0.25) is 0 Å². The fraction of sp³-hybridized carbons (Fsp3) is 0.409. The predicted molar refractivity (Wildman–Crippen MR) is 101 cm³/mol. The van der Waals surface area contributed by atoms with Crippen LogP contribution < -0.4 is 10.6 Å². The zero-order valence-corrected chi connectivity index (χ0v) is 14.8. The first-order valence-corrected chi connectivity index (χ1v) is 9.64. The van der Waals surface area contributed by atoms with E-state index in [4.69, 9.17) is 4.74 Å². The van der Waals surface area contributed by atoms with Gasteiger partial charge in [-0.25, -0.2) is 4.79 Å². The Morgan fingerprint density at radius 1 is 1.04 bits per heavy atom. The summed E-state index contributed by atoms with van der Waals surface area (Å²) >= 11 is 0. The Labute approximate surface area is 153 Å². The molecule has 2 N–H and O–H groups in total. The Morgan fingerprint density at radius 3 is 2.35 bits per heavy atom. The first kappa shape index (κ1) is 15.9. The molecule has 3 unspecified atom stereocenters. The molecule has 4 nitrogen and oxygen atoms in total. The van der Waals surface area contributed by atoms with Crippen LogP contribution in [0.3, 0.4) is 0 Å². The van der Waals surface area contributed by atoms with E-state index in [1.165, 1.54) is 41.5 Å². The van der Waals surface area contributed by atoms with Gasteiger partial charge in [-0.05, 0) is 47.4 Å². The Kier molecular flexibility index (Phi) is 3.93. The molecule has 3 atom stereocenters. The van der Waals surface area contributed by atoms with Gasteiger partial charge in [0.05, 0.1) is 0 Å². The Hall–Kier alpha value is -2.33. The quantitative estimate of drug-likeness (QED) is 0.886. The van der Waals surface area contributed by atoms with Gasteiger partial charge in [-0.3, -0.25) is 0 Å². The van der Waals surface area contributed by atoms with E-state index in [9.17, 15) is 4.79 Å². The Bertz CT molecular complexity index is 789. The number of rotatable bonds is 4. The van der Waals surface area contributed by atoms with Crippen LogP contribution in [-0.4, -0.2) is 31.3 Å². The molecule has 2 bridgehead atoms. The minimum Gasteiger partial charge on any atom is -0.449 e. The van der Waals surface area contributed by atoms with Crippen LogP contribution in [0.15, 0.2) is 48.5 Å². The van der Waals surface area contributed by atoms with Gasteiger partial charge in [0.25, 0.3) is 0 Å². The number of benzene rings is 2. The molecule has 2 aliphatic heterocycles. The number of nitrogens with one attached hydrogen (secondary N) is 2. The molecular weight excluding hydrogens is 324 g/mol. The second-order valence-corrected chi connectivity index (χ2v) is 7.75. The number of carbonyl (C=O) groups excluding carboxylic acids is 1. The van der Waals surface area contributed by atoms with Crippen molar-refractivity contribution in [2.45, 2.75) is 37.3 Å². The molecule has 2 fully saturated rings. The molecule has 26 heavy (non-hydrogen) atoms. The van der Waals surface area contributed by atoms with E-state index in [-0.39, 0.29) is 12.0 Å². The summed E-state index contributed by atoms with van der Waals surface area (Å²) in [5.41, 5.74) is 5.01. The van der Waals surface area contributed by atoms with Gasteiger partial charge in [-0.2, -0.15) is 0 Å². The van der Waals surface area contributed by atoms with Crippen molar-refractivity contribution in [2.24, 2.45) is 5.92 Å². The number of alkyl carbamates (subject to hydrolysis) is 1. The van der Waals surface area contributed by atoms with Gasteiger partial charge in [0.15, 0.2) is 0 Å². The standard InChI is InChI=1S/C22H24N2O2/c25-22(23-12-14-11-15-9-10-21(14)24-15)26-13-20-18-7-3-1-5-16(18)17-6-2-4-8-19(17)20/h1-8,14-15,20-21,24H,9-13H2,(H,23,25). The number of carbonyl (C=O) groups is 1. The highest BCUT2D eigenvalue weighted by Gasteiger charge is 2.39. The summed E-state index contributed by atoms with van der Waals surface area (Å²) < 4.78 is 5.61. The molecule has 0 saturated carbocycles. The van der Waals surface area contributed by atoms with E-state index in [1.54, 1.807) is 0 Å². The van der Waals surface area contributed by atoms with Crippen molar-refractivity contribution in [1.29, 1.82) is 0 Å². The summed E-state index contributed by atoms with van der Waals surface area (Å²) in [7, 11) is 0. The van der Waals surface area contributed by atoms with Crippen molar-refractivity contribution >= 4 is 6.09 Å². The van der Waals surface area contributed by atoms with Crippen LogP contribution in [0.5, 0.6) is 0 Å². The predicted octanol–water partition coefficient (Wildman–Crippen LogP) is 3.67. The molecule has 1 amide bonds. The molecule has 0 spiro atoms. The second-order valence-electron chi connectivity index (χ2n) is 7.75. The highest BCUT2D eigenvalue weighted by molar-refractivity contribution is 5.79. The van der Waals surface area contributed by atoms with E-state index >= 15 is 0 Å². The molecule has 2 aromatic rings. The number of hydrogen-bond donors (Lipinski definition) is 2. The third-order valence-electron chi connectivity index (χ3n) is 6.28. The maximum absolute atomic E-state index is 12.2. The average molecular weight is 348 g/mol. The van der Waals surface area contributed by atoms with Crippen molar-refractivity contribution in [2.75, 3.05) is 13.2 Å². The minimum atomic E-state index is -0.297. The maximum atomic E-state index is 12.2. The van der Waals surface area contributed by atoms with Gasteiger partial charge in [-0.1, -0.05) is 48.5 Å². The Morgan fingerprint density at radius 2 is 1.73 bits per heavy atom. The molecule has 0 aromatic heterocycles. The lowest BCUT2D eigenvalue weighted by atomic mass is 9.89. The lowest BCUT2D eigenvalue weighted by Crippen LogP contribution is -2.35. The maximum Gasteiger partial charge on any atom is 0.407 e. The SMILES string of the molecule is O=C(NCC1CC2CCC1N2)OCC1c2ccccc2-c2ccccc21. The van der Waals surface area contributed by atoms with Gasteiger partial charge in [0, 0.05) is 24.5 Å². The molecule has 0 radical (unpaired) electrons. The summed E-state index contributed by atoms with van der Waals surface area (Å²) in [6, 6.07) is 18.1. The molecule has 3 aliphatic rings. The van der Waals surface area contributed by atoms with Gasteiger partial charge in [0.2, 0.25) is 0 Å². The van der Waals surface area contributed by atoms with Gasteiger partial charge in [-0.15, -0.1) is 0 Å². The third-order valence-corrected chi connectivity index (χ3v) is 6.28. The van der Waals surface area contributed by atoms with Crippen molar-refractivity contribution in [1.82, 2.24) is 10.6 Å². The van der Waals surface area contributed by atoms with Gasteiger partial charge in [0.1, 0.15) is 6.61 Å². The zero-order chi connectivity index (χ0) is 17.5. The average Bonchev–Trinajstić information content (AvgIpc) is 3.38. The normalized spacial score (nSPS) is 25.8. The van der Waals surface area contributed by atoms with E-state index in [1.807, 2.05) is 0 Å². The third kappa shape index (κ3) is 2.69. The first-order chi connectivity index (χ1) is 12.8. The summed E-state index contributed by atoms with van der Waals surface area (Å²) in [5, 5.41) is 6.59. The highest BCUT2D eigenvalue weighted by atomic mass is 16.5. The van der Waals surface area contributed by atoms with Gasteiger partial charge < -0.3 is 15.4 Å². The molecule has 2 heterocycles. The van der Waals surface area contributed by atoms with Crippen LogP contribution in [0, 0.1) is 5.92 Å². The molecule has 4 heteroatoms. The number of ether oxygens (including phenoxy) is 1. The van der Waals surface area contributed by atoms with E-state index in [0.717, 1.165) is 0 Å². The molecule has 1 aliphatic carbocycles. The van der Waals surface area contributed by atoms with E-state index < -0.39 is 0 Å². The van der Waals surface area contributed by atoms with Crippen LogP contribution in [0.1, 0.15) is 36.3 Å². The largest absolute Gasteiger partial charge is 0.449 e. The smallest absolute Gasteiger partial charge is 0.407 e. The highest BCUT2D eigenvalue weighted by Crippen LogP contribution is 2.44. The fourth-order valence-electron chi connectivity index (χ4n) is 5.03. The van der Waals surface area contributed by atoms with Crippen LogP contribution in [0.25, 0.3) is 11.1 Å². The van der Waals surface area contributed by atoms with Crippen LogP contribution in [0.4, 0.5) is 4.79 Å². The number of hydrogen-bond acceptors (Lipinski definition) is 3. The molecular formula is C22H24N2O2. The summed E-state index contributed by atoms with van der Waals surface area (Å²) in [6.45, 7) is 1.10. The van der Waals surface area contributed by atoms with Crippen molar-refractivity contribution in [3.8, 4) is 11.1 Å². The lowest BCUT2D eigenvalue weighted by molar-refractivity contribution is 0.140. The number of amides is 1. The van der Waals surface area contributed by atoms with Crippen molar-refractivity contribution < 1.29 is 9.53 Å². The summed E-state index contributed by atoms with van der Waals surface area (Å²) in [4.78, 5) is 12.2. The van der Waals surface area contributed by atoms with Crippen LogP contribution in [-0.2, 0) is 4.74 Å². The van der Waals surface area contributed by atoms with E-state index in [2.05, 4.69) is 59.2 Å². The van der Waals surface area contributed by atoms with E-state index in [0.29, 0.717) is 31.2 Å². The zero-order valence-electron chi connectivity index (χ0n) is 14.8. The molecule has 134 valence electrons. The fourth-order valence-corrected chi connectivity index (χ4v) is 5.03. The number of fused-ring (bicyclic) bond motifs is 5. The molecule has 2 saturated heterocycles. The van der Waals surface area contributed by atoms with Gasteiger partial charge >= 0.3 is 6.09 Å². The van der Waals surface area contributed by atoms with Crippen LogP contribution >= 0.6 is 0 Å². The summed E-state index contributed by atoms with van der Waals surface area (Å²) in [5.74, 6) is 0.673. The topological polar surface area (TPSA) is 50.4 Å². The monoisotopic (exact) mass is 348 g/mol. The second kappa shape index (κ2) is 6.44. The molecule has 2 aromatic carbocycles. The lowest BCUT2D eigenvalue weighted by Gasteiger charge is -2.20. The molecule has 5 rings (SSSR count). The van der Waals surface area contributed by atoms with Crippen molar-refractivity contribution in [3.63, 3.8) is 0 Å². The minimum absolute atomic E-state index is 0.123. The first-order valence-electron chi connectivity index (χ1n) is 9.64. The van der Waals surface area contributed by atoms with Crippen molar-refractivity contribution in [3.05, 3.63) is 59.7 Å².